The predicted octanol–water partition coefficient (Wildman–Crippen LogP) is -1.08. The third kappa shape index (κ3) is 2.24. The fourth-order valence-corrected chi connectivity index (χ4v) is 1.60. The molecule has 0 saturated carbocycles. The standard InChI is InChI=1S/C6H16O4Si/c1-7-5(11)6(8-2,9-3)10-4/h5H,1-4,11H3. The lowest BCUT2D eigenvalue weighted by Crippen LogP contribution is -2.49. The Morgan fingerprint density at radius 1 is 1.00 bits per heavy atom. The van der Waals surface area contributed by atoms with E-state index in [0.717, 1.165) is 10.2 Å². The molecule has 5 heteroatoms. The first kappa shape index (κ1) is 11.1. The van der Waals surface area contributed by atoms with Gasteiger partial charge in [-0.15, -0.1) is 0 Å². The molecule has 11 heavy (non-hydrogen) atoms. The Bertz CT molecular complexity index is 96.5. The van der Waals surface area contributed by atoms with Crippen LogP contribution in [-0.2, 0) is 18.9 Å². The largest absolute Gasteiger partial charge is 0.378 e. The first-order valence-corrected chi connectivity index (χ1v) is 4.50. The Hall–Kier alpha value is 0.0569. The summed E-state index contributed by atoms with van der Waals surface area (Å²) in [4.78, 5) is 0. The Morgan fingerprint density at radius 2 is 1.36 bits per heavy atom. The van der Waals surface area contributed by atoms with Crippen LogP contribution in [0, 0.1) is 0 Å². The van der Waals surface area contributed by atoms with Crippen molar-refractivity contribution in [1.29, 1.82) is 0 Å². The van der Waals surface area contributed by atoms with Crippen LogP contribution in [-0.4, -0.2) is 50.4 Å². The quantitative estimate of drug-likeness (QED) is 0.398. The average molecular weight is 180 g/mol. The topological polar surface area (TPSA) is 36.9 Å². The van der Waals surface area contributed by atoms with E-state index in [1.165, 1.54) is 21.3 Å². The molecule has 0 aromatic carbocycles. The highest BCUT2D eigenvalue weighted by Gasteiger charge is 2.36. The van der Waals surface area contributed by atoms with Crippen LogP contribution >= 0.6 is 0 Å². The molecule has 0 bridgehead atoms. The van der Waals surface area contributed by atoms with Crippen molar-refractivity contribution in [2.24, 2.45) is 0 Å². The normalized spacial score (nSPS) is 15.3. The number of rotatable bonds is 5. The van der Waals surface area contributed by atoms with E-state index in [1.54, 1.807) is 7.11 Å². The molecule has 0 heterocycles. The zero-order valence-corrected chi connectivity index (χ0v) is 9.71. The molecule has 0 radical (unpaired) electrons. The zero-order valence-electron chi connectivity index (χ0n) is 7.71. The fourth-order valence-electron chi connectivity index (χ4n) is 0.892. The Labute approximate surface area is 70.2 Å². The van der Waals surface area contributed by atoms with Crippen molar-refractivity contribution in [1.82, 2.24) is 0 Å². The summed E-state index contributed by atoms with van der Waals surface area (Å²) in [6.45, 7) is 0. The van der Waals surface area contributed by atoms with E-state index in [4.69, 9.17) is 18.9 Å². The van der Waals surface area contributed by atoms with E-state index >= 15 is 0 Å². The highest BCUT2D eigenvalue weighted by atomic mass is 28.1. The molecule has 68 valence electrons. The molecule has 1 unspecified atom stereocenters. The highest BCUT2D eigenvalue weighted by Crippen LogP contribution is 2.17. The lowest BCUT2D eigenvalue weighted by Gasteiger charge is -2.33. The second kappa shape index (κ2) is 4.84. The smallest absolute Gasteiger partial charge is 0.305 e. The number of hydrogen-bond donors (Lipinski definition) is 0. The van der Waals surface area contributed by atoms with Gasteiger partial charge in [-0.25, -0.2) is 0 Å². The SMILES string of the molecule is COC([SiH3])C(OC)(OC)OC. The van der Waals surface area contributed by atoms with Crippen LogP contribution in [0.25, 0.3) is 0 Å². The van der Waals surface area contributed by atoms with Crippen molar-refractivity contribution in [3.8, 4) is 0 Å². The number of ether oxygens (including phenoxy) is 4. The summed E-state index contributed by atoms with van der Waals surface area (Å²) in [6.07, 6.45) is 0. The van der Waals surface area contributed by atoms with Gasteiger partial charge in [-0.3, -0.25) is 0 Å². The fraction of sp³-hybridized carbons (Fsp3) is 1.00. The van der Waals surface area contributed by atoms with Gasteiger partial charge in [0.1, 0.15) is 5.73 Å². The van der Waals surface area contributed by atoms with Crippen LogP contribution in [0.1, 0.15) is 0 Å². The van der Waals surface area contributed by atoms with Gasteiger partial charge < -0.3 is 18.9 Å². The Balaban J connectivity index is 4.26. The van der Waals surface area contributed by atoms with Crippen molar-refractivity contribution in [3.63, 3.8) is 0 Å². The third-order valence-corrected chi connectivity index (χ3v) is 2.88. The molecule has 0 aliphatic rings. The van der Waals surface area contributed by atoms with Gasteiger partial charge in [0.15, 0.2) is 0 Å². The molecule has 0 aliphatic heterocycles. The van der Waals surface area contributed by atoms with Gasteiger partial charge in [-0.2, -0.15) is 0 Å². The maximum Gasteiger partial charge on any atom is 0.305 e. The summed E-state index contributed by atoms with van der Waals surface area (Å²) >= 11 is 0. The minimum Gasteiger partial charge on any atom is -0.378 e. The van der Waals surface area contributed by atoms with E-state index in [-0.39, 0.29) is 5.73 Å². The molecular formula is C6H16O4Si. The van der Waals surface area contributed by atoms with Gasteiger partial charge in [-0.1, -0.05) is 0 Å². The molecule has 0 spiro atoms. The van der Waals surface area contributed by atoms with Crippen LogP contribution in [0.3, 0.4) is 0 Å². The van der Waals surface area contributed by atoms with Gasteiger partial charge in [0.2, 0.25) is 0 Å². The van der Waals surface area contributed by atoms with E-state index < -0.39 is 5.97 Å². The molecule has 0 fully saturated rings. The number of hydrogen-bond acceptors (Lipinski definition) is 4. The zero-order chi connectivity index (χ0) is 8.91. The van der Waals surface area contributed by atoms with Gasteiger partial charge in [0.25, 0.3) is 0 Å². The second-order valence-electron chi connectivity index (χ2n) is 2.09. The van der Waals surface area contributed by atoms with Gasteiger partial charge in [0, 0.05) is 38.7 Å². The molecule has 0 aliphatic carbocycles. The van der Waals surface area contributed by atoms with Crippen LogP contribution in [0.15, 0.2) is 0 Å². The highest BCUT2D eigenvalue weighted by molar-refractivity contribution is 6.11. The third-order valence-electron chi connectivity index (χ3n) is 1.70. The lowest BCUT2D eigenvalue weighted by molar-refractivity contribution is -0.376. The van der Waals surface area contributed by atoms with E-state index in [0.29, 0.717) is 0 Å². The molecule has 1 atom stereocenters. The Morgan fingerprint density at radius 3 is 1.45 bits per heavy atom. The van der Waals surface area contributed by atoms with Crippen LogP contribution in [0.4, 0.5) is 0 Å². The van der Waals surface area contributed by atoms with Crippen molar-refractivity contribution in [2.75, 3.05) is 28.4 Å². The van der Waals surface area contributed by atoms with Crippen LogP contribution in [0.2, 0.25) is 0 Å². The van der Waals surface area contributed by atoms with Crippen molar-refractivity contribution >= 4 is 10.2 Å². The molecule has 0 aromatic heterocycles. The summed E-state index contributed by atoms with van der Waals surface area (Å²) in [5.74, 6) is -1.03. The summed E-state index contributed by atoms with van der Waals surface area (Å²) in [6, 6.07) is 0. The molecular weight excluding hydrogens is 164 g/mol. The molecule has 0 rings (SSSR count). The van der Waals surface area contributed by atoms with Gasteiger partial charge >= 0.3 is 5.97 Å². The van der Waals surface area contributed by atoms with Crippen molar-refractivity contribution in [2.45, 2.75) is 11.7 Å². The first-order valence-electron chi connectivity index (χ1n) is 3.35. The minimum absolute atomic E-state index is 0.137. The predicted molar refractivity (Wildman–Crippen MR) is 44.5 cm³/mol. The summed E-state index contributed by atoms with van der Waals surface area (Å²) in [7, 11) is 6.95. The monoisotopic (exact) mass is 180 g/mol. The minimum atomic E-state index is -1.03. The van der Waals surface area contributed by atoms with E-state index in [2.05, 4.69) is 0 Å². The first-order chi connectivity index (χ1) is 5.16. The summed E-state index contributed by atoms with van der Waals surface area (Å²) in [5.41, 5.74) is -0.137. The molecule has 0 aromatic rings. The lowest BCUT2D eigenvalue weighted by atomic mass is 10.5. The molecule has 0 amide bonds. The second-order valence-corrected chi connectivity index (χ2v) is 3.14. The average Bonchev–Trinajstić information content (AvgIpc) is 2.08. The van der Waals surface area contributed by atoms with Crippen LogP contribution < -0.4 is 0 Å². The van der Waals surface area contributed by atoms with Gasteiger partial charge in [0.05, 0.1) is 0 Å². The molecule has 0 N–H and O–H groups in total. The summed E-state index contributed by atoms with van der Waals surface area (Å²) < 4.78 is 20.2. The molecule has 0 saturated heterocycles. The number of methoxy groups -OCH3 is 4. The summed E-state index contributed by atoms with van der Waals surface area (Å²) in [5, 5.41) is 0. The maximum atomic E-state index is 5.08. The van der Waals surface area contributed by atoms with Crippen molar-refractivity contribution in [3.05, 3.63) is 0 Å². The van der Waals surface area contributed by atoms with Crippen LogP contribution in [0.5, 0.6) is 0 Å². The van der Waals surface area contributed by atoms with Crippen molar-refractivity contribution < 1.29 is 18.9 Å². The Kier molecular flexibility index (Phi) is 4.86. The van der Waals surface area contributed by atoms with E-state index in [1.807, 2.05) is 0 Å². The van der Waals surface area contributed by atoms with Gasteiger partial charge in [-0.05, 0) is 0 Å². The maximum absolute atomic E-state index is 5.08. The van der Waals surface area contributed by atoms with E-state index in [9.17, 15) is 0 Å². The molecule has 4 nitrogen and oxygen atoms in total.